The van der Waals surface area contributed by atoms with Gasteiger partial charge in [0.15, 0.2) is 0 Å². The molecule has 2 N–H and O–H groups in total. The Balaban J connectivity index is 2.11. The maximum Gasteiger partial charge on any atom is 0.0496 e. The monoisotopic (exact) mass is 261 g/mol. The third-order valence-electron chi connectivity index (χ3n) is 4.34. The summed E-state index contributed by atoms with van der Waals surface area (Å²) in [7, 11) is 4.44. The van der Waals surface area contributed by atoms with Gasteiger partial charge in [0, 0.05) is 18.1 Å². The largest absolute Gasteiger partial charge is 0.326 e. The first-order valence-corrected chi connectivity index (χ1v) is 7.30. The maximum absolute atomic E-state index is 6.25. The second-order valence-corrected chi connectivity index (χ2v) is 5.91. The molecule has 19 heavy (non-hydrogen) atoms. The molecule has 1 aromatic carbocycles. The second-order valence-electron chi connectivity index (χ2n) is 5.91. The molecule has 0 amide bonds. The Hall–Kier alpha value is -0.900. The SMILES string of the molecule is CC(N)C(c1ccccc1)N(C)C1CCN(C)CC1. The quantitative estimate of drug-likeness (QED) is 0.901. The van der Waals surface area contributed by atoms with Crippen LogP contribution in [0.2, 0.25) is 0 Å². The van der Waals surface area contributed by atoms with E-state index in [1.54, 1.807) is 0 Å². The molecule has 1 aliphatic rings. The summed E-state index contributed by atoms with van der Waals surface area (Å²) in [4.78, 5) is 4.90. The first kappa shape index (κ1) is 14.5. The molecule has 0 aromatic heterocycles. The van der Waals surface area contributed by atoms with Gasteiger partial charge in [-0.25, -0.2) is 0 Å². The van der Waals surface area contributed by atoms with Crippen molar-refractivity contribution in [3.63, 3.8) is 0 Å². The van der Waals surface area contributed by atoms with Gasteiger partial charge in [0.05, 0.1) is 0 Å². The molecule has 106 valence electrons. The molecule has 3 nitrogen and oxygen atoms in total. The van der Waals surface area contributed by atoms with Crippen LogP contribution < -0.4 is 5.73 Å². The van der Waals surface area contributed by atoms with Crippen molar-refractivity contribution in [3.8, 4) is 0 Å². The van der Waals surface area contributed by atoms with Gasteiger partial charge in [-0.2, -0.15) is 0 Å². The molecule has 1 aromatic rings. The molecule has 3 heteroatoms. The predicted octanol–water partition coefficient (Wildman–Crippen LogP) is 2.10. The Kier molecular flexibility index (Phi) is 4.97. The van der Waals surface area contributed by atoms with Gasteiger partial charge in [-0.15, -0.1) is 0 Å². The topological polar surface area (TPSA) is 32.5 Å². The standard InChI is InChI=1S/C16H27N3/c1-13(17)16(14-7-5-4-6-8-14)19(3)15-9-11-18(2)12-10-15/h4-8,13,15-16H,9-12,17H2,1-3H3. The van der Waals surface area contributed by atoms with E-state index in [0.717, 1.165) is 0 Å². The smallest absolute Gasteiger partial charge is 0.0496 e. The van der Waals surface area contributed by atoms with Crippen LogP contribution in [0, 0.1) is 0 Å². The van der Waals surface area contributed by atoms with Crippen molar-refractivity contribution in [2.75, 3.05) is 27.2 Å². The van der Waals surface area contributed by atoms with Crippen LogP contribution >= 0.6 is 0 Å². The zero-order valence-corrected chi connectivity index (χ0v) is 12.4. The van der Waals surface area contributed by atoms with Crippen molar-refractivity contribution in [1.29, 1.82) is 0 Å². The fourth-order valence-electron chi connectivity index (χ4n) is 3.19. The van der Waals surface area contributed by atoms with Crippen molar-refractivity contribution in [1.82, 2.24) is 9.80 Å². The molecule has 1 fully saturated rings. The Bertz CT molecular complexity index is 369. The van der Waals surface area contributed by atoms with Crippen molar-refractivity contribution in [3.05, 3.63) is 35.9 Å². The summed E-state index contributed by atoms with van der Waals surface area (Å²) in [5.41, 5.74) is 7.58. The molecule has 0 bridgehead atoms. The third-order valence-corrected chi connectivity index (χ3v) is 4.34. The number of likely N-dealkylation sites (tertiary alicyclic amines) is 1. The number of hydrogen-bond acceptors (Lipinski definition) is 3. The van der Waals surface area contributed by atoms with Crippen LogP contribution in [0.1, 0.15) is 31.4 Å². The maximum atomic E-state index is 6.25. The number of rotatable bonds is 4. The van der Waals surface area contributed by atoms with Gasteiger partial charge in [0.2, 0.25) is 0 Å². The number of likely N-dealkylation sites (N-methyl/N-ethyl adjacent to an activating group) is 1. The average molecular weight is 261 g/mol. The van der Waals surface area contributed by atoms with Crippen LogP contribution in [-0.4, -0.2) is 49.1 Å². The minimum Gasteiger partial charge on any atom is -0.326 e. The highest BCUT2D eigenvalue weighted by molar-refractivity contribution is 5.20. The third kappa shape index (κ3) is 3.56. The van der Waals surface area contributed by atoms with Crippen LogP contribution in [0.5, 0.6) is 0 Å². The van der Waals surface area contributed by atoms with E-state index in [0.29, 0.717) is 12.1 Å². The lowest BCUT2D eigenvalue weighted by Gasteiger charge is -2.41. The molecule has 0 radical (unpaired) electrons. The van der Waals surface area contributed by atoms with E-state index in [9.17, 15) is 0 Å². The highest BCUT2D eigenvalue weighted by atomic mass is 15.2. The van der Waals surface area contributed by atoms with E-state index in [1.807, 2.05) is 0 Å². The first-order chi connectivity index (χ1) is 9.09. The normalized spacial score (nSPS) is 21.5. The second kappa shape index (κ2) is 6.51. The van der Waals surface area contributed by atoms with Crippen LogP contribution in [0.15, 0.2) is 30.3 Å². The lowest BCUT2D eigenvalue weighted by Crippen LogP contribution is -2.47. The van der Waals surface area contributed by atoms with Gasteiger partial charge in [-0.3, -0.25) is 4.90 Å². The van der Waals surface area contributed by atoms with Crippen LogP contribution in [0.25, 0.3) is 0 Å². The summed E-state index contributed by atoms with van der Waals surface area (Å²) >= 11 is 0. The molecule has 0 saturated carbocycles. The van der Waals surface area contributed by atoms with Crippen LogP contribution in [0.4, 0.5) is 0 Å². The number of nitrogens with two attached hydrogens (primary N) is 1. The van der Waals surface area contributed by atoms with Crippen molar-refractivity contribution < 1.29 is 0 Å². The van der Waals surface area contributed by atoms with E-state index >= 15 is 0 Å². The van der Waals surface area contributed by atoms with Crippen molar-refractivity contribution >= 4 is 0 Å². The molecule has 1 heterocycles. The van der Waals surface area contributed by atoms with Crippen LogP contribution in [-0.2, 0) is 0 Å². The molecule has 1 saturated heterocycles. The molecule has 1 aliphatic heterocycles. The summed E-state index contributed by atoms with van der Waals surface area (Å²) in [5.74, 6) is 0. The Morgan fingerprint density at radius 3 is 2.32 bits per heavy atom. The number of hydrogen-bond donors (Lipinski definition) is 1. The van der Waals surface area contributed by atoms with Gasteiger partial charge in [-0.1, -0.05) is 30.3 Å². The zero-order chi connectivity index (χ0) is 13.8. The Morgan fingerprint density at radius 2 is 1.79 bits per heavy atom. The van der Waals surface area contributed by atoms with E-state index in [-0.39, 0.29) is 6.04 Å². The summed E-state index contributed by atoms with van der Waals surface area (Å²) in [5, 5.41) is 0. The van der Waals surface area contributed by atoms with E-state index in [2.05, 4.69) is 61.2 Å². The van der Waals surface area contributed by atoms with Gasteiger partial charge in [-0.05, 0) is 52.5 Å². The van der Waals surface area contributed by atoms with Crippen molar-refractivity contribution in [2.24, 2.45) is 5.73 Å². The number of nitrogens with zero attached hydrogens (tertiary/aromatic N) is 2. The molecular formula is C16H27N3. The number of piperidine rings is 1. The highest BCUT2D eigenvalue weighted by Gasteiger charge is 2.28. The van der Waals surface area contributed by atoms with Gasteiger partial charge < -0.3 is 10.6 Å². The van der Waals surface area contributed by atoms with Gasteiger partial charge >= 0.3 is 0 Å². The Morgan fingerprint density at radius 1 is 1.21 bits per heavy atom. The van der Waals surface area contributed by atoms with Crippen molar-refractivity contribution in [2.45, 2.75) is 37.9 Å². The van der Waals surface area contributed by atoms with Gasteiger partial charge in [0.25, 0.3) is 0 Å². The van der Waals surface area contributed by atoms with Crippen LogP contribution in [0.3, 0.4) is 0 Å². The van der Waals surface area contributed by atoms with E-state index < -0.39 is 0 Å². The number of benzene rings is 1. The Labute approximate surface area is 117 Å². The predicted molar refractivity (Wildman–Crippen MR) is 81.1 cm³/mol. The molecule has 2 rings (SSSR count). The molecule has 2 unspecified atom stereocenters. The van der Waals surface area contributed by atoms with E-state index in [1.165, 1.54) is 31.5 Å². The van der Waals surface area contributed by atoms with E-state index in [4.69, 9.17) is 5.73 Å². The summed E-state index contributed by atoms with van der Waals surface area (Å²) in [6, 6.07) is 11.8. The highest BCUT2D eigenvalue weighted by Crippen LogP contribution is 2.27. The minimum absolute atomic E-state index is 0.145. The molecular weight excluding hydrogens is 234 g/mol. The minimum atomic E-state index is 0.145. The first-order valence-electron chi connectivity index (χ1n) is 7.30. The summed E-state index contributed by atoms with van der Waals surface area (Å²) in [6.07, 6.45) is 2.48. The molecule has 0 aliphatic carbocycles. The average Bonchev–Trinajstić information content (AvgIpc) is 2.40. The molecule has 0 spiro atoms. The summed E-state index contributed by atoms with van der Waals surface area (Å²) in [6.45, 7) is 4.49. The summed E-state index contributed by atoms with van der Waals surface area (Å²) < 4.78 is 0. The molecule has 2 atom stereocenters. The zero-order valence-electron chi connectivity index (χ0n) is 12.4. The van der Waals surface area contributed by atoms with Gasteiger partial charge in [0.1, 0.15) is 0 Å². The fraction of sp³-hybridized carbons (Fsp3) is 0.625. The lowest BCUT2D eigenvalue weighted by atomic mass is 9.95. The fourth-order valence-corrected chi connectivity index (χ4v) is 3.19. The lowest BCUT2D eigenvalue weighted by molar-refractivity contribution is 0.0969.